The van der Waals surface area contributed by atoms with Crippen LogP contribution in [0.3, 0.4) is 0 Å². The average Bonchev–Trinajstić information content (AvgIpc) is 2.54. The van der Waals surface area contributed by atoms with Gasteiger partial charge in [-0.1, -0.05) is 41.4 Å². The lowest BCUT2D eigenvalue weighted by Gasteiger charge is -2.09. The first-order valence-corrected chi connectivity index (χ1v) is 9.76. The summed E-state index contributed by atoms with van der Waals surface area (Å²) in [5.74, 6) is 0.685. The molecule has 0 amide bonds. The minimum Gasteiger partial charge on any atom is -0.494 e. The summed E-state index contributed by atoms with van der Waals surface area (Å²) in [6.07, 6.45) is 2.04. The van der Waals surface area contributed by atoms with Gasteiger partial charge < -0.3 is 4.74 Å². The zero-order valence-electron chi connectivity index (χ0n) is 13.0. The summed E-state index contributed by atoms with van der Waals surface area (Å²) >= 11 is 3.37. The van der Waals surface area contributed by atoms with Gasteiger partial charge in [0.25, 0.3) is 0 Å². The molecule has 0 aliphatic rings. The molecule has 0 spiro atoms. The molecule has 1 N–H and O–H groups in total. The highest BCUT2D eigenvalue weighted by atomic mass is 79.9. The summed E-state index contributed by atoms with van der Waals surface area (Å²) in [5, 5.41) is 0. The molecule has 0 fully saturated rings. The Bertz CT molecular complexity index is 730. The van der Waals surface area contributed by atoms with E-state index in [9.17, 15) is 8.42 Å². The predicted octanol–water partition coefficient (Wildman–Crippen LogP) is 4.11. The van der Waals surface area contributed by atoms with Crippen molar-refractivity contribution in [2.24, 2.45) is 0 Å². The summed E-state index contributed by atoms with van der Waals surface area (Å²) < 4.78 is 33.7. The van der Waals surface area contributed by atoms with Gasteiger partial charge in [-0.3, -0.25) is 0 Å². The normalized spacial score (nSPS) is 11.4. The highest BCUT2D eigenvalue weighted by Crippen LogP contribution is 2.17. The van der Waals surface area contributed by atoms with Gasteiger partial charge in [0.2, 0.25) is 10.0 Å². The van der Waals surface area contributed by atoms with Crippen molar-refractivity contribution >= 4 is 26.0 Å². The van der Waals surface area contributed by atoms with Crippen LogP contribution in [-0.2, 0) is 16.6 Å². The largest absolute Gasteiger partial charge is 0.494 e. The summed E-state index contributed by atoms with van der Waals surface area (Å²) in [5.41, 5.74) is 0.891. The summed E-state index contributed by atoms with van der Waals surface area (Å²) in [6.45, 7) is 2.98. The van der Waals surface area contributed by atoms with Crippen molar-refractivity contribution in [3.05, 3.63) is 58.6 Å². The molecule has 2 aromatic carbocycles. The number of nitrogens with one attached hydrogen (secondary N) is 1. The minimum absolute atomic E-state index is 0.232. The van der Waals surface area contributed by atoms with Crippen LogP contribution in [0.1, 0.15) is 25.3 Å². The van der Waals surface area contributed by atoms with Gasteiger partial charge in [0.15, 0.2) is 0 Å². The van der Waals surface area contributed by atoms with E-state index >= 15 is 0 Å². The van der Waals surface area contributed by atoms with Crippen LogP contribution in [0, 0.1) is 0 Å². The van der Waals surface area contributed by atoms with Crippen molar-refractivity contribution in [1.29, 1.82) is 0 Å². The molecule has 0 aliphatic heterocycles. The molecule has 124 valence electrons. The Kier molecular flexibility index (Phi) is 6.62. The van der Waals surface area contributed by atoms with E-state index in [-0.39, 0.29) is 11.4 Å². The predicted molar refractivity (Wildman–Crippen MR) is 95.0 cm³/mol. The highest BCUT2D eigenvalue weighted by molar-refractivity contribution is 9.10. The van der Waals surface area contributed by atoms with Gasteiger partial charge in [-0.15, -0.1) is 0 Å². The van der Waals surface area contributed by atoms with Gasteiger partial charge in [-0.05, 0) is 48.4 Å². The number of hydrogen-bond acceptors (Lipinski definition) is 3. The molecule has 0 unspecified atom stereocenters. The van der Waals surface area contributed by atoms with E-state index in [1.807, 2.05) is 24.3 Å². The van der Waals surface area contributed by atoms with Crippen molar-refractivity contribution in [2.75, 3.05) is 6.61 Å². The maximum Gasteiger partial charge on any atom is 0.240 e. The lowest BCUT2D eigenvalue weighted by atomic mass is 10.2. The van der Waals surface area contributed by atoms with E-state index in [1.54, 1.807) is 24.3 Å². The van der Waals surface area contributed by atoms with Gasteiger partial charge in [-0.25, -0.2) is 13.1 Å². The van der Waals surface area contributed by atoms with Crippen LogP contribution in [0.5, 0.6) is 5.75 Å². The number of halogens is 1. The second kappa shape index (κ2) is 8.47. The Morgan fingerprint density at radius 2 is 1.87 bits per heavy atom. The molecule has 0 atom stereocenters. The van der Waals surface area contributed by atoms with Crippen LogP contribution in [-0.4, -0.2) is 15.0 Å². The summed E-state index contributed by atoms with van der Waals surface area (Å²) in [7, 11) is -3.53. The fourth-order valence-electron chi connectivity index (χ4n) is 1.96. The lowest BCUT2D eigenvalue weighted by Crippen LogP contribution is -2.23. The fraction of sp³-hybridized carbons (Fsp3) is 0.294. The van der Waals surface area contributed by atoms with Crippen molar-refractivity contribution in [3.8, 4) is 5.75 Å². The van der Waals surface area contributed by atoms with E-state index in [4.69, 9.17) is 4.74 Å². The Labute approximate surface area is 146 Å². The first-order valence-electron chi connectivity index (χ1n) is 7.48. The number of unbranched alkanes of at least 4 members (excludes halogenated alkanes) is 1. The molecule has 0 saturated carbocycles. The number of benzene rings is 2. The lowest BCUT2D eigenvalue weighted by molar-refractivity contribution is 0.309. The molecule has 0 radical (unpaired) electrons. The van der Waals surface area contributed by atoms with Crippen LogP contribution in [0.4, 0.5) is 0 Å². The van der Waals surface area contributed by atoms with E-state index in [2.05, 4.69) is 27.6 Å². The molecular weight excluding hydrogens is 378 g/mol. The molecule has 6 heteroatoms. The molecule has 0 heterocycles. The topological polar surface area (TPSA) is 55.4 Å². The quantitative estimate of drug-likeness (QED) is 0.681. The van der Waals surface area contributed by atoms with Crippen LogP contribution in [0.15, 0.2) is 57.9 Å². The fourth-order valence-corrected chi connectivity index (χ4v) is 3.42. The number of rotatable bonds is 8. The molecule has 0 bridgehead atoms. The van der Waals surface area contributed by atoms with Crippen molar-refractivity contribution in [1.82, 2.24) is 4.72 Å². The van der Waals surface area contributed by atoms with E-state index in [1.165, 1.54) is 0 Å². The molecule has 2 aromatic rings. The second-order valence-electron chi connectivity index (χ2n) is 5.13. The molecular formula is C17H20BrNO3S. The number of ether oxygens (including phenoxy) is 1. The van der Waals surface area contributed by atoms with E-state index in [0.717, 1.165) is 22.9 Å². The van der Waals surface area contributed by atoms with Crippen molar-refractivity contribution < 1.29 is 13.2 Å². The first kappa shape index (κ1) is 18.0. The third kappa shape index (κ3) is 5.64. The SMILES string of the molecule is CCCCOc1ccc(S(=O)(=O)NCc2cccc(Br)c2)cc1. The maximum absolute atomic E-state index is 12.3. The molecule has 23 heavy (non-hydrogen) atoms. The monoisotopic (exact) mass is 397 g/mol. The molecule has 0 aromatic heterocycles. The Morgan fingerprint density at radius 3 is 2.52 bits per heavy atom. The maximum atomic E-state index is 12.3. The third-order valence-corrected chi connectivity index (χ3v) is 5.17. The number of hydrogen-bond donors (Lipinski definition) is 1. The molecule has 0 aliphatic carbocycles. The Morgan fingerprint density at radius 1 is 1.13 bits per heavy atom. The van der Waals surface area contributed by atoms with E-state index < -0.39 is 10.0 Å². The van der Waals surface area contributed by atoms with Gasteiger partial charge in [0.1, 0.15) is 5.75 Å². The number of sulfonamides is 1. The highest BCUT2D eigenvalue weighted by Gasteiger charge is 2.13. The van der Waals surface area contributed by atoms with Crippen molar-refractivity contribution in [2.45, 2.75) is 31.2 Å². The average molecular weight is 398 g/mol. The smallest absolute Gasteiger partial charge is 0.240 e. The standard InChI is InChI=1S/C17H20BrNO3S/c1-2-3-11-22-16-7-9-17(10-8-16)23(20,21)19-13-14-5-4-6-15(18)12-14/h4-10,12,19H,2-3,11,13H2,1H3. The van der Waals surface area contributed by atoms with Gasteiger partial charge in [0.05, 0.1) is 11.5 Å². The van der Waals surface area contributed by atoms with Crippen LogP contribution >= 0.6 is 15.9 Å². The van der Waals surface area contributed by atoms with Crippen LogP contribution in [0.2, 0.25) is 0 Å². The summed E-state index contributed by atoms with van der Waals surface area (Å²) in [6, 6.07) is 14.0. The molecule has 2 rings (SSSR count). The minimum atomic E-state index is -3.53. The van der Waals surface area contributed by atoms with Gasteiger partial charge in [-0.2, -0.15) is 0 Å². The Hall–Kier alpha value is -1.37. The third-order valence-electron chi connectivity index (χ3n) is 3.26. The Balaban J connectivity index is 1.98. The molecule has 0 saturated heterocycles. The zero-order valence-corrected chi connectivity index (χ0v) is 15.4. The van der Waals surface area contributed by atoms with Crippen molar-refractivity contribution in [3.63, 3.8) is 0 Å². The first-order chi connectivity index (χ1) is 11.0. The zero-order chi connectivity index (χ0) is 16.7. The van der Waals surface area contributed by atoms with E-state index in [0.29, 0.717) is 12.4 Å². The molecule has 4 nitrogen and oxygen atoms in total. The second-order valence-corrected chi connectivity index (χ2v) is 7.81. The summed E-state index contributed by atoms with van der Waals surface area (Å²) in [4.78, 5) is 0.232. The van der Waals surface area contributed by atoms with Crippen LogP contribution in [0.25, 0.3) is 0 Å². The van der Waals surface area contributed by atoms with Gasteiger partial charge >= 0.3 is 0 Å². The van der Waals surface area contributed by atoms with Gasteiger partial charge in [0, 0.05) is 11.0 Å². The van der Waals surface area contributed by atoms with Crippen LogP contribution < -0.4 is 9.46 Å².